The molecule has 31 heavy (non-hydrogen) atoms. The lowest BCUT2D eigenvalue weighted by Crippen LogP contribution is -2.43. The number of amides is 2. The van der Waals surface area contributed by atoms with E-state index in [0.29, 0.717) is 22.9 Å². The number of rotatable bonds is 9. The second-order valence-corrected chi connectivity index (χ2v) is 8.72. The number of halogens is 2. The van der Waals surface area contributed by atoms with E-state index in [2.05, 4.69) is 10.6 Å². The topological polar surface area (TPSA) is 84.5 Å². The van der Waals surface area contributed by atoms with Crippen LogP contribution >= 0.6 is 35.0 Å². The van der Waals surface area contributed by atoms with Gasteiger partial charge in [0.1, 0.15) is 6.04 Å². The van der Waals surface area contributed by atoms with Crippen molar-refractivity contribution in [3.63, 3.8) is 0 Å². The van der Waals surface area contributed by atoms with Crippen LogP contribution in [0, 0.1) is 13.8 Å². The molecule has 0 bridgehead atoms. The average molecular weight is 483 g/mol. The van der Waals surface area contributed by atoms with Gasteiger partial charge in [-0.25, -0.2) is 4.79 Å². The number of carbonyl (C=O) groups excluding carboxylic acids is 3. The SMILES string of the molecule is CSCCC(NC(=O)c1ccc(Cl)cc1Cl)C(=O)OCC(=O)Nc1ccc(C)c(C)c1. The largest absolute Gasteiger partial charge is 0.454 e. The molecule has 0 saturated carbocycles. The van der Waals surface area contributed by atoms with Gasteiger partial charge >= 0.3 is 5.97 Å². The Bertz CT molecular complexity index is 969. The molecule has 0 radical (unpaired) electrons. The van der Waals surface area contributed by atoms with E-state index in [0.717, 1.165) is 11.1 Å². The van der Waals surface area contributed by atoms with Gasteiger partial charge in [0, 0.05) is 10.7 Å². The van der Waals surface area contributed by atoms with E-state index in [1.165, 1.54) is 30.0 Å². The van der Waals surface area contributed by atoms with Gasteiger partial charge in [-0.2, -0.15) is 11.8 Å². The number of aryl methyl sites for hydroxylation is 2. The summed E-state index contributed by atoms with van der Waals surface area (Å²) in [5, 5.41) is 5.89. The summed E-state index contributed by atoms with van der Waals surface area (Å²) in [4.78, 5) is 37.3. The van der Waals surface area contributed by atoms with Crippen molar-refractivity contribution in [3.05, 3.63) is 63.1 Å². The molecule has 6 nitrogen and oxygen atoms in total. The summed E-state index contributed by atoms with van der Waals surface area (Å²) in [7, 11) is 0. The molecule has 0 heterocycles. The van der Waals surface area contributed by atoms with Gasteiger partial charge in [-0.05, 0) is 73.7 Å². The van der Waals surface area contributed by atoms with Crippen LogP contribution in [0.5, 0.6) is 0 Å². The minimum absolute atomic E-state index is 0.176. The number of hydrogen-bond donors (Lipinski definition) is 2. The highest BCUT2D eigenvalue weighted by Crippen LogP contribution is 2.21. The van der Waals surface area contributed by atoms with Crippen LogP contribution in [0.1, 0.15) is 27.9 Å². The zero-order valence-corrected chi connectivity index (χ0v) is 19.8. The molecule has 2 aromatic rings. The van der Waals surface area contributed by atoms with Gasteiger partial charge in [0.2, 0.25) is 0 Å². The highest BCUT2D eigenvalue weighted by Gasteiger charge is 2.24. The van der Waals surface area contributed by atoms with Crippen molar-refractivity contribution in [1.82, 2.24) is 5.32 Å². The molecule has 0 aliphatic heterocycles. The number of benzene rings is 2. The van der Waals surface area contributed by atoms with Gasteiger partial charge < -0.3 is 15.4 Å². The molecule has 2 rings (SSSR count). The summed E-state index contributed by atoms with van der Waals surface area (Å²) in [6.45, 7) is 3.46. The maximum atomic E-state index is 12.6. The molecule has 1 unspecified atom stereocenters. The first-order valence-electron chi connectivity index (χ1n) is 9.50. The number of esters is 1. The number of nitrogens with one attached hydrogen (secondary N) is 2. The molecule has 1 atom stereocenters. The summed E-state index contributed by atoms with van der Waals surface area (Å²) in [6, 6.07) is 9.06. The number of anilines is 1. The molecular formula is C22H24Cl2N2O4S. The maximum absolute atomic E-state index is 12.6. The fourth-order valence-electron chi connectivity index (χ4n) is 2.65. The zero-order chi connectivity index (χ0) is 23.0. The number of thioether (sulfide) groups is 1. The normalized spacial score (nSPS) is 11.5. The zero-order valence-electron chi connectivity index (χ0n) is 17.5. The molecule has 2 N–H and O–H groups in total. The maximum Gasteiger partial charge on any atom is 0.329 e. The standard InChI is InChI=1S/C22H24Cl2N2O4S/c1-13-4-6-16(10-14(13)2)25-20(27)12-30-22(29)19(8-9-31-3)26-21(28)17-7-5-15(23)11-18(17)24/h4-7,10-11,19H,8-9,12H2,1-3H3,(H,25,27)(H,26,28). The molecule has 9 heteroatoms. The van der Waals surface area contributed by atoms with Crippen molar-refractivity contribution in [1.29, 1.82) is 0 Å². The first-order chi connectivity index (χ1) is 14.7. The molecule has 166 valence electrons. The fourth-order valence-corrected chi connectivity index (χ4v) is 3.61. The highest BCUT2D eigenvalue weighted by atomic mass is 35.5. The van der Waals surface area contributed by atoms with E-state index in [1.54, 1.807) is 6.07 Å². The monoisotopic (exact) mass is 482 g/mol. The van der Waals surface area contributed by atoms with Crippen LogP contribution in [0.3, 0.4) is 0 Å². The first-order valence-corrected chi connectivity index (χ1v) is 11.6. The first kappa shape index (κ1) is 25.0. The molecule has 0 aliphatic carbocycles. The van der Waals surface area contributed by atoms with Crippen molar-refractivity contribution in [3.8, 4) is 0 Å². The minimum Gasteiger partial charge on any atom is -0.454 e. The van der Waals surface area contributed by atoms with E-state index < -0.39 is 30.4 Å². The summed E-state index contributed by atoms with van der Waals surface area (Å²) in [5.74, 6) is -1.07. The highest BCUT2D eigenvalue weighted by molar-refractivity contribution is 7.98. The average Bonchev–Trinajstić information content (AvgIpc) is 2.71. The number of ether oxygens (including phenoxy) is 1. The van der Waals surface area contributed by atoms with Crippen LogP contribution in [0.4, 0.5) is 5.69 Å². The van der Waals surface area contributed by atoms with Crippen molar-refractivity contribution in [2.45, 2.75) is 26.3 Å². The third-order valence-electron chi connectivity index (χ3n) is 4.51. The summed E-state index contributed by atoms with van der Waals surface area (Å²) in [6.07, 6.45) is 2.23. The molecular weight excluding hydrogens is 459 g/mol. The third kappa shape index (κ3) is 7.76. The van der Waals surface area contributed by atoms with Gasteiger partial charge in [-0.3, -0.25) is 9.59 Å². The molecule has 2 amide bonds. The van der Waals surface area contributed by atoms with Gasteiger partial charge in [-0.1, -0.05) is 29.3 Å². The van der Waals surface area contributed by atoms with Gasteiger partial charge in [0.15, 0.2) is 6.61 Å². The van der Waals surface area contributed by atoms with E-state index in [4.69, 9.17) is 27.9 Å². The minimum atomic E-state index is -0.916. The Labute approximate surface area is 196 Å². The second-order valence-electron chi connectivity index (χ2n) is 6.89. The van der Waals surface area contributed by atoms with Crippen LogP contribution < -0.4 is 10.6 Å². The third-order valence-corrected chi connectivity index (χ3v) is 5.70. The lowest BCUT2D eigenvalue weighted by atomic mass is 10.1. The lowest BCUT2D eigenvalue weighted by molar-refractivity contribution is -0.149. The fraction of sp³-hybridized carbons (Fsp3) is 0.318. The van der Waals surface area contributed by atoms with Crippen molar-refractivity contribution in [2.24, 2.45) is 0 Å². The summed E-state index contributed by atoms with van der Waals surface area (Å²) >= 11 is 13.5. The summed E-state index contributed by atoms with van der Waals surface area (Å²) < 4.78 is 5.15. The van der Waals surface area contributed by atoms with Crippen molar-refractivity contribution in [2.75, 3.05) is 23.9 Å². The molecule has 2 aromatic carbocycles. The van der Waals surface area contributed by atoms with Crippen molar-refractivity contribution < 1.29 is 19.1 Å². The Balaban J connectivity index is 1.97. The predicted molar refractivity (Wildman–Crippen MR) is 126 cm³/mol. The Morgan fingerprint density at radius 3 is 2.45 bits per heavy atom. The number of carbonyl (C=O) groups is 3. The lowest BCUT2D eigenvalue weighted by Gasteiger charge is -2.18. The van der Waals surface area contributed by atoms with Crippen LogP contribution in [-0.4, -0.2) is 42.4 Å². The molecule has 0 fully saturated rings. The smallest absolute Gasteiger partial charge is 0.329 e. The Morgan fingerprint density at radius 2 is 1.81 bits per heavy atom. The van der Waals surface area contributed by atoms with Crippen LogP contribution in [0.25, 0.3) is 0 Å². The quantitative estimate of drug-likeness (QED) is 0.508. The Kier molecular flexibility index (Phi) is 9.68. The molecule has 0 saturated heterocycles. The van der Waals surface area contributed by atoms with E-state index in [-0.39, 0.29) is 10.6 Å². The predicted octanol–water partition coefficient (Wildman–Crippen LogP) is 4.64. The Hall–Kier alpha value is -2.22. The Morgan fingerprint density at radius 1 is 1.06 bits per heavy atom. The van der Waals surface area contributed by atoms with Gasteiger partial charge in [-0.15, -0.1) is 0 Å². The summed E-state index contributed by atoms with van der Waals surface area (Å²) in [5.41, 5.74) is 2.96. The molecule has 0 spiro atoms. The van der Waals surface area contributed by atoms with E-state index in [1.807, 2.05) is 32.2 Å². The van der Waals surface area contributed by atoms with Crippen molar-refractivity contribution >= 4 is 58.4 Å². The van der Waals surface area contributed by atoms with Crippen LogP contribution in [-0.2, 0) is 14.3 Å². The van der Waals surface area contributed by atoms with Gasteiger partial charge in [0.25, 0.3) is 11.8 Å². The molecule has 0 aromatic heterocycles. The molecule has 0 aliphatic rings. The number of hydrogen-bond acceptors (Lipinski definition) is 5. The van der Waals surface area contributed by atoms with Crippen LogP contribution in [0.2, 0.25) is 10.0 Å². The van der Waals surface area contributed by atoms with E-state index >= 15 is 0 Å². The van der Waals surface area contributed by atoms with Crippen LogP contribution in [0.15, 0.2) is 36.4 Å². The van der Waals surface area contributed by atoms with Gasteiger partial charge in [0.05, 0.1) is 10.6 Å². The second kappa shape index (κ2) is 12.0. The van der Waals surface area contributed by atoms with E-state index in [9.17, 15) is 14.4 Å².